The number of carbonyl (C=O) groups is 2. The van der Waals surface area contributed by atoms with Crippen LogP contribution in [0.25, 0.3) is 0 Å². The van der Waals surface area contributed by atoms with Crippen molar-refractivity contribution in [2.75, 3.05) is 12.4 Å². The maximum atomic E-state index is 12.7. The molecule has 1 fully saturated rings. The van der Waals surface area contributed by atoms with Crippen molar-refractivity contribution >= 4 is 23.2 Å². The molecule has 1 heterocycles. The third-order valence-corrected chi connectivity index (χ3v) is 5.68. The number of benzene rings is 1. The van der Waals surface area contributed by atoms with Gasteiger partial charge in [-0.1, -0.05) is 19.3 Å². The van der Waals surface area contributed by atoms with Gasteiger partial charge in [0.05, 0.1) is 4.92 Å². The summed E-state index contributed by atoms with van der Waals surface area (Å²) in [5.41, 5.74) is 1.66. The number of amides is 2. The monoisotopic (exact) mass is 413 g/mol. The smallest absolute Gasteiger partial charge is 0.312 e. The molecule has 3 rings (SSSR count). The fourth-order valence-corrected chi connectivity index (χ4v) is 3.98. The molecular weight excluding hydrogens is 386 g/mol. The van der Waals surface area contributed by atoms with E-state index in [1.54, 1.807) is 38.1 Å². The molecule has 9 nitrogen and oxygen atoms in total. The topological polar surface area (TPSA) is 110 Å². The number of nitro groups is 1. The second kappa shape index (κ2) is 9.06. The Bertz CT molecular complexity index is 945. The molecular formula is C21H27N5O4. The van der Waals surface area contributed by atoms with Crippen molar-refractivity contribution in [2.45, 2.75) is 58.5 Å². The van der Waals surface area contributed by atoms with E-state index in [2.05, 4.69) is 10.4 Å². The predicted molar refractivity (Wildman–Crippen MR) is 112 cm³/mol. The number of hydrogen-bond donors (Lipinski definition) is 1. The standard InChI is InChI=1S/C21H27N5O4/c1-14-20(26(29)30)15(2)25(23-14)13-19(27)22-17-11-9-16(10-12-17)21(28)24(3)18-7-5-4-6-8-18/h9-12,18H,4-8,13H2,1-3H3,(H,22,27). The molecule has 1 aromatic heterocycles. The Morgan fingerprint density at radius 2 is 1.83 bits per heavy atom. The molecule has 1 aliphatic rings. The first kappa shape index (κ1) is 21.5. The van der Waals surface area contributed by atoms with E-state index in [0.29, 0.717) is 16.9 Å². The van der Waals surface area contributed by atoms with Gasteiger partial charge in [-0.2, -0.15) is 5.10 Å². The Labute approximate surface area is 175 Å². The van der Waals surface area contributed by atoms with Crippen molar-refractivity contribution in [3.05, 3.63) is 51.3 Å². The largest absolute Gasteiger partial charge is 0.339 e. The fraction of sp³-hybridized carbons (Fsp3) is 0.476. The summed E-state index contributed by atoms with van der Waals surface area (Å²) in [4.78, 5) is 37.5. The molecule has 1 N–H and O–H groups in total. The van der Waals surface area contributed by atoms with E-state index in [9.17, 15) is 19.7 Å². The first-order chi connectivity index (χ1) is 14.3. The number of carbonyl (C=O) groups excluding carboxylic acids is 2. The van der Waals surface area contributed by atoms with Gasteiger partial charge in [0, 0.05) is 24.3 Å². The summed E-state index contributed by atoms with van der Waals surface area (Å²) >= 11 is 0. The molecule has 160 valence electrons. The zero-order chi connectivity index (χ0) is 21.8. The van der Waals surface area contributed by atoms with Crippen LogP contribution in [0, 0.1) is 24.0 Å². The Morgan fingerprint density at radius 1 is 1.20 bits per heavy atom. The van der Waals surface area contributed by atoms with E-state index < -0.39 is 4.92 Å². The first-order valence-electron chi connectivity index (χ1n) is 10.1. The summed E-state index contributed by atoms with van der Waals surface area (Å²) in [6.07, 6.45) is 5.64. The predicted octanol–water partition coefficient (Wildman–Crippen LogP) is 3.45. The van der Waals surface area contributed by atoms with Crippen molar-refractivity contribution in [3.63, 3.8) is 0 Å². The van der Waals surface area contributed by atoms with Crippen molar-refractivity contribution in [1.82, 2.24) is 14.7 Å². The molecule has 30 heavy (non-hydrogen) atoms. The van der Waals surface area contributed by atoms with Crippen LogP contribution in [0.4, 0.5) is 11.4 Å². The molecule has 0 atom stereocenters. The van der Waals surface area contributed by atoms with Gasteiger partial charge in [-0.3, -0.25) is 24.4 Å². The van der Waals surface area contributed by atoms with Crippen LogP contribution < -0.4 is 5.32 Å². The molecule has 0 bridgehead atoms. The highest BCUT2D eigenvalue weighted by Gasteiger charge is 2.24. The third kappa shape index (κ3) is 4.67. The Morgan fingerprint density at radius 3 is 2.40 bits per heavy atom. The molecule has 2 aromatic rings. The summed E-state index contributed by atoms with van der Waals surface area (Å²) < 4.78 is 1.32. The zero-order valence-electron chi connectivity index (χ0n) is 17.6. The lowest BCUT2D eigenvalue weighted by Gasteiger charge is -2.31. The van der Waals surface area contributed by atoms with Gasteiger partial charge < -0.3 is 10.2 Å². The van der Waals surface area contributed by atoms with Crippen molar-refractivity contribution in [3.8, 4) is 0 Å². The van der Waals surface area contributed by atoms with Gasteiger partial charge in [-0.15, -0.1) is 0 Å². The number of aromatic nitrogens is 2. The highest BCUT2D eigenvalue weighted by atomic mass is 16.6. The molecule has 0 aliphatic heterocycles. The Balaban J connectivity index is 1.61. The number of aryl methyl sites for hydroxylation is 1. The summed E-state index contributed by atoms with van der Waals surface area (Å²) in [5.74, 6) is -0.372. The number of anilines is 1. The lowest BCUT2D eigenvalue weighted by molar-refractivity contribution is -0.386. The molecule has 0 spiro atoms. The van der Waals surface area contributed by atoms with E-state index in [1.807, 2.05) is 11.9 Å². The van der Waals surface area contributed by atoms with Gasteiger partial charge in [0.15, 0.2) is 0 Å². The van der Waals surface area contributed by atoms with Crippen molar-refractivity contribution in [1.29, 1.82) is 0 Å². The zero-order valence-corrected chi connectivity index (χ0v) is 17.6. The lowest BCUT2D eigenvalue weighted by atomic mass is 9.94. The van der Waals surface area contributed by atoms with Crippen LogP contribution in [-0.4, -0.2) is 44.5 Å². The fourth-order valence-electron chi connectivity index (χ4n) is 3.98. The minimum Gasteiger partial charge on any atom is -0.339 e. The van der Waals surface area contributed by atoms with Gasteiger partial charge in [0.1, 0.15) is 17.9 Å². The van der Waals surface area contributed by atoms with E-state index in [0.717, 1.165) is 25.7 Å². The Kier molecular flexibility index (Phi) is 6.49. The van der Waals surface area contributed by atoms with Crippen molar-refractivity contribution < 1.29 is 14.5 Å². The van der Waals surface area contributed by atoms with Crippen LogP contribution >= 0.6 is 0 Å². The average molecular weight is 413 g/mol. The van der Waals surface area contributed by atoms with Crippen molar-refractivity contribution in [2.24, 2.45) is 0 Å². The van der Waals surface area contributed by atoms with E-state index in [4.69, 9.17) is 0 Å². The SMILES string of the molecule is Cc1nn(CC(=O)Nc2ccc(C(=O)N(C)C3CCCCC3)cc2)c(C)c1[N+](=O)[O-]. The van der Waals surface area contributed by atoms with Gasteiger partial charge in [0.2, 0.25) is 5.91 Å². The molecule has 2 amide bonds. The Hall–Kier alpha value is -3.23. The minimum atomic E-state index is -0.494. The second-order valence-electron chi connectivity index (χ2n) is 7.77. The van der Waals surface area contributed by atoms with Crippen LogP contribution in [0.3, 0.4) is 0 Å². The number of hydrogen-bond acceptors (Lipinski definition) is 5. The van der Waals surface area contributed by atoms with Gasteiger partial charge in [-0.25, -0.2) is 0 Å². The van der Waals surface area contributed by atoms with E-state index in [1.165, 1.54) is 11.1 Å². The van der Waals surface area contributed by atoms with Crippen LogP contribution in [0.2, 0.25) is 0 Å². The van der Waals surface area contributed by atoms with Crippen LogP contribution in [0.5, 0.6) is 0 Å². The molecule has 9 heteroatoms. The van der Waals surface area contributed by atoms with Crippen LogP contribution in [0.15, 0.2) is 24.3 Å². The third-order valence-electron chi connectivity index (χ3n) is 5.68. The van der Waals surface area contributed by atoms with Gasteiger partial charge >= 0.3 is 5.69 Å². The summed E-state index contributed by atoms with van der Waals surface area (Å²) in [6.45, 7) is 2.97. The molecule has 1 aromatic carbocycles. The lowest BCUT2D eigenvalue weighted by Crippen LogP contribution is -2.38. The quantitative estimate of drug-likeness (QED) is 0.576. The van der Waals surface area contributed by atoms with Gasteiger partial charge in [-0.05, 0) is 51.0 Å². The number of rotatable bonds is 6. The first-order valence-corrected chi connectivity index (χ1v) is 10.1. The molecule has 0 radical (unpaired) electrons. The molecule has 1 aliphatic carbocycles. The van der Waals surface area contributed by atoms with Crippen LogP contribution in [0.1, 0.15) is 53.8 Å². The summed E-state index contributed by atoms with van der Waals surface area (Å²) in [7, 11) is 1.85. The highest BCUT2D eigenvalue weighted by molar-refractivity contribution is 5.95. The maximum absolute atomic E-state index is 12.7. The summed E-state index contributed by atoms with van der Waals surface area (Å²) in [5, 5.41) is 17.9. The second-order valence-corrected chi connectivity index (χ2v) is 7.77. The van der Waals surface area contributed by atoms with Crippen LogP contribution in [-0.2, 0) is 11.3 Å². The van der Waals surface area contributed by atoms with E-state index in [-0.39, 0.29) is 35.8 Å². The number of nitrogens with zero attached hydrogens (tertiary/aromatic N) is 4. The average Bonchev–Trinajstić information content (AvgIpc) is 3.01. The molecule has 0 unspecified atom stereocenters. The molecule has 0 saturated heterocycles. The minimum absolute atomic E-state index is 0.0188. The highest BCUT2D eigenvalue weighted by Crippen LogP contribution is 2.24. The van der Waals surface area contributed by atoms with Gasteiger partial charge in [0.25, 0.3) is 5.91 Å². The number of nitrogens with one attached hydrogen (secondary N) is 1. The normalized spacial score (nSPS) is 14.4. The van der Waals surface area contributed by atoms with E-state index >= 15 is 0 Å². The molecule has 1 saturated carbocycles. The maximum Gasteiger partial charge on any atom is 0.312 e. The summed E-state index contributed by atoms with van der Waals surface area (Å²) in [6, 6.07) is 7.06.